The van der Waals surface area contributed by atoms with Crippen molar-refractivity contribution in [2.75, 3.05) is 19.8 Å². The maximum atomic E-state index is 11.8. The van der Waals surface area contributed by atoms with Crippen molar-refractivity contribution < 1.29 is 29.6 Å². The monoisotopic (exact) mass is 366 g/mol. The quantitative estimate of drug-likeness (QED) is 0.394. The standard InChI is InChI=1S/C20H30O6/c1-18-7-6-16(23)19(2,10-21)14(18)5-8-20(11-26-20)15(18)4-3-12-13(22)9-25-17(12)24/h3,13-16,21-23H,4-11H2,1-2H3/b12-3-/t13-,14?,15+,16-,18+,19+,20?/m1/s1. The third-order valence-electron chi connectivity index (χ3n) is 7.99. The Morgan fingerprint density at radius 1 is 1.23 bits per heavy atom. The van der Waals surface area contributed by atoms with Gasteiger partial charge in [-0.25, -0.2) is 4.79 Å². The van der Waals surface area contributed by atoms with Crippen LogP contribution in [0.25, 0.3) is 0 Å². The normalized spacial score (nSPS) is 52.2. The van der Waals surface area contributed by atoms with Gasteiger partial charge in [0.15, 0.2) is 0 Å². The number of cyclic esters (lactones) is 1. The highest BCUT2D eigenvalue weighted by Gasteiger charge is 2.66. The SMILES string of the molecule is C[C@]1(CO)C2CCC3(CO3)[C@@H](C/C=C3\C(=O)OC[C@H]3O)[C@@]2(C)CC[C@H]1O. The first-order valence-electron chi connectivity index (χ1n) is 9.75. The molecular weight excluding hydrogens is 336 g/mol. The second kappa shape index (κ2) is 6.03. The number of aliphatic hydroxyl groups excluding tert-OH is 3. The number of hydrogen-bond acceptors (Lipinski definition) is 6. The summed E-state index contributed by atoms with van der Waals surface area (Å²) in [5, 5.41) is 30.6. The third-order valence-corrected chi connectivity index (χ3v) is 7.99. The van der Waals surface area contributed by atoms with Gasteiger partial charge in [0.1, 0.15) is 12.7 Å². The molecule has 6 heteroatoms. The number of ether oxygens (including phenoxy) is 2. The lowest BCUT2D eigenvalue weighted by atomic mass is 9.45. The average molecular weight is 366 g/mol. The Kier molecular flexibility index (Phi) is 4.27. The first-order valence-corrected chi connectivity index (χ1v) is 9.75. The molecule has 0 amide bonds. The minimum absolute atomic E-state index is 0.0267. The van der Waals surface area contributed by atoms with Gasteiger partial charge in [-0.2, -0.15) is 0 Å². The summed E-state index contributed by atoms with van der Waals surface area (Å²) in [4.78, 5) is 11.8. The van der Waals surface area contributed by atoms with Gasteiger partial charge < -0.3 is 24.8 Å². The van der Waals surface area contributed by atoms with Crippen molar-refractivity contribution in [3.8, 4) is 0 Å². The van der Waals surface area contributed by atoms with Gasteiger partial charge in [0.2, 0.25) is 0 Å². The van der Waals surface area contributed by atoms with Crippen LogP contribution in [0.1, 0.15) is 46.0 Å². The number of carbonyl (C=O) groups is 1. The van der Waals surface area contributed by atoms with E-state index in [9.17, 15) is 20.1 Å². The number of epoxide rings is 1. The zero-order valence-electron chi connectivity index (χ0n) is 15.6. The molecule has 0 aromatic heterocycles. The Balaban J connectivity index is 1.66. The molecule has 6 nitrogen and oxygen atoms in total. The van der Waals surface area contributed by atoms with Gasteiger partial charge in [0, 0.05) is 5.41 Å². The van der Waals surface area contributed by atoms with Gasteiger partial charge in [-0.05, 0) is 49.4 Å². The van der Waals surface area contributed by atoms with E-state index in [2.05, 4.69) is 6.92 Å². The smallest absolute Gasteiger partial charge is 0.336 e. The second-order valence-electron chi connectivity index (χ2n) is 9.23. The molecule has 7 atom stereocenters. The number of aliphatic hydroxyl groups is 3. The second-order valence-corrected chi connectivity index (χ2v) is 9.23. The lowest BCUT2D eigenvalue weighted by Crippen LogP contribution is -2.60. The lowest BCUT2D eigenvalue weighted by molar-refractivity contribution is -0.175. The molecule has 0 aromatic carbocycles. The molecule has 2 saturated heterocycles. The largest absolute Gasteiger partial charge is 0.459 e. The molecule has 4 rings (SSSR count). The van der Waals surface area contributed by atoms with Crippen LogP contribution in [0.2, 0.25) is 0 Å². The molecule has 0 aromatic rings. The van der Waals surface area contributed by atoms with E-state index in [0.717, 1.165) is 25.9 Å². The first kappa shape index (κ1) is 18.4. The van der Waals surface area contributed by atoms with E-state index in [1.807, 2.05) is 13.0 Å². The molecule has 2 saturated carbocycles. The molecule has 4 fully saturated rings. The van der Waals surface area contributed by atoms with E-state index >= 15 is 0 Å². The van der Waals surface area contributed by atoms with Gasteiger partial charge in [0.05, 0.1) is 30.5 Å². The Bertz CT molecular complexity index is 626. The fourth-order valence-corrected chi connectivity index (χ4v) is 6.24. The molecule has 4 aliphatic rings. The molecule has 26 heavy (non-hydrogen) atoms. The average Bonchev–Trinajstić information content (AvgIpc) is 3.31. The van der Waals surface area contributed by atoms with Crippen LogP contribution in [0.15, 0.2) is 11.6 Å². The third kappa shape index (κ3) is 2.49. The number of carbonyl (C=O) groups excluding carboxylic acids is 1. The van der Waals surface area contributed by atoms with Crippen molar-refractivity contribution in [2.45, 2.75) is 63.8 Å². The summed E-state index contributed by atoms with van der Waals surface area (Å²) < 4.78 is 10.9. The molecule has 2 heterocycles. The van der Waals surface area contributed by atoms with E-state index in [-0.39, 0.29) is 36.1 Å². The first-order chi connectivity index (χ1) is 12.3. The van der Waals surface area contributed by atoms with Crippen molar-refractivity contribution in [3.05, 3.63) is 11.6 Å². The van der Waals surface area contributed by atoms with Gasteiger partial charge >= 0.3 is 5.97 Å². The highest BCUT2D eigenvalue weighted by Crippen LogP contribution is 2.66. The van der Waals surface area contributed by atoms with Crippen LogP contribution in [-0.4, -0.2) is 58.9 Å². The van der Waals surface area contributed by atoms with E-state index < -0.39 is 23.6 Å². The highest BCUT2D eigenvalue weighted by atomic mass is 16.6. The van der Waals surface area contributed by atoms with Crippen LogP contribution in [0, 0.1) is 22.7 Å². The molecule has 0 radical (unpaired) electrons. The molecule has 0 bridgehead atoms. The van der Waals surface area contributed by atoms with Crippen LogP contribution >= 0.6 is 0 Å². The summed E-state index contributed by atoms with van der Waals surface area (Å²) in [7, 11) is 0. The minimum atomic E-state index is -0.846. The highest BCUT2D eigenvalue weighted by molar-refractivity contribution is 5.91. The summed E-state index contributed by atoms with van der Waals surface area (Å²) in [6.07, 6.45) is 4.53. The Hall–Kier alpha value is -0.950. The lowest BCUT2D eigenvalue weighted by Gasteiger charge is -2.60. The summed E-state index contributed by atoms with van der Waals surface area (Å²) in [6.45, 7) is 4.99. The summed E-state index contributed by atoms with van der Waals surface area (Å²) >= 11 is 0. The van der Waals surface area contributed by atoms with Crippen molar-refractivity contribution in [3.63, 3.8) is 0 Å². The Morgan fingerprint density at radius 3 is 2.54 bits per heavy atom. The van der Waals surface area contributed by atoms with E-state index in [4.69, 9.17) is 9.47 Å². The fourth-order valence-electron chi connectivity index (χ4n) is 6.24. The fraction of sp³-hybridized carbons (Fsp3) is 0.850. The van der Waals surface area contributed by atoms with E-state index in [1.165, 1.54) is 0 Å². The van der Waals surface area contributed by atoms with Gasteiger partial charge in [-0.15, -0.1) is 0 Å². The number of allylic oxidation sites excluding steroid dienone is 1. The number of esters is 1. The topological polar surface area (TPSA) is 99.5 Å². The zero-order chi connectivity index (χ0) is 18.7. The summed E-state index contributed by atoms with van der Waals surface area (Å²) in [5.74, 6) is -0.0392. The van der Waals surface area contributed by atoms with Crippen molar-refractivity contribution >= 4 is 5.97 Å². The summed E-state index contributed by atoms with van der Waals surface area (Å²) in [6, 6.07) is 0. The van der Waals surface area contributed by atoms with E-state index in [1.54, 1.807) is 0 Å². The number of rotatable bonds is 3. The van der Waals surface area contributed by atoms with Gasteiger partial charge in [-0.3, -0.25) is 0 Å². The predicted molar refractivity (Wildman–Crippen MR) is 93.1 cm³/mol. The van der Waals surface area contributed by atoms with Crippen molar-refractivity contribution in [1.82, 2.24) is 0 Å². The maximum Gasteiger partial charge on any atom is 0.336 e. The molecule has 146 valence electrons. The molecule has 1 spiro atoms. The predicted octanol–water partition coefficient (Wildman–Crippen LogP) is 1.18. The summed E-state index contributed by atoms with van der Waals surface area (Å²) in [5.41, 5.74) is -0.405. The number of fused-ring (bicyclic) bond motifs is 1. The van der Waals surface area contributed by atoms with Crippen LogP contribution in [0.3, 0.4) is 0 Å². The molecular formula is C20H30O6. The Labute approximate surface area is 154 Å². The molecule has 2 unspecified atom stereocenters. The van der Waals surface area contributed by atoms with Crippen LogP contribution in [-0.2, 0) is 14.3 Å². The van der Waals surface area contributed by atoms with E-state index in [0.29, 0.717) is 18.4 Å². The molecule has 3 N–H and O–H groups in total. The zero-order valence-corrected chi connectivity index (χ0v) is 15.6. The Morgan fingerprint density at radius 2 is 1.96 bits per heavy atom. The maximum absolute atomic E-state index is 11.8. The van der Waals surface area contributed by atoms with Crippen LogP contribution < -0.4 is 0 Å². The minimum Gasteiger partial charge on any atom is -0.459 e. The number of hydrogen-bond donors (Lipinski definition) is 3. The van der Waals surface area contributed by atoms with Crippen LogP contribution in [0.5, 0.6) is 0 Å². The van der Waals surface area contributed by atoms with Gasteiger partial charge in [0.25, 0.3) is 0 Å². The van der Waals surface area contributed by atoms with Crippen molar-refractivity contribution in [2.24, 2.45) is 22.7 Å². The molecule has 2 aliphatic carbocycles. The van der Waals surface area contributed by atoms with Gasteiger partial charge in [-0.1, -0.05) is 19.9 Å². The van der Waals surface area contributed by atoms with Crippen LogP contribution in [0.4, 0.5) is 0 Å². The van der Waals surface area contributed by atoms with Crippen molar-refractivity contribution in [1.29, 1.82) is 0 Å². The molecule has 2 aliphatic heterocycles.